The third-order valence-electron chi connectivity index (χ3n) is 3.22. The lowest BCUT2D eigenvalue weighted by molar-refractivity contribution is -0.115. The number of rotatable bonds is 5. The second kappa shape index (κ2) is 7.10. The van der Waals surface area contributed by atoms with Crippen molar-refractivity contribution in [3.05, 3.63) is 58.6 Å². The van der Waals surface area contributed by atoms with Gasteiger partial charge in [-0.2, -0.15) is 0 Å². The molecule has 0 aliphatic rings. The van der Waals surface area contributed by atoms with Crippen LogP contribution in [0.5, 0.6) is 0 Å². The van der Waals surface area contributed by atoms with Gasteiger partial charge in [0.2, 0.25) is 11.8 Å². The van der Waals surface area contributed by atoms with E-state index in [4.69, 9.17) is 4.42 Å². The topological polar surface area (TPSA) is 81.4 Å². The number of benzene rings is 1. The van der Waals surface area contributed by atoms with Gasteiger partial charge in [-0.1, -0.05) is 18.2 Å². The first-order valence-electron chi connectivity index (χ1n) is 7.13. The third kappa shape index (κ3) is 3.52. The predicted molar refractivity (Wildman–Crippen MR) is 89.9 cm³/mol. The van der Waals surface area contributed by atoms with Crippen LogP contribution in [0, 0.1) is 0 Å². The second-order valence-electron chi connectivity index (χ2n) is 4.89. The van der Waals surface area contributed by atoms with E-state index < -0.39 is 5.97 Å². The summed E-state index contributed by atoms with van der Waals surface area (Å²) in [5.74, 6) is -0.302. The molecule has 6 nitrogen and oxygen atoms in total. The van der Waals surface area contributed by atoms with Gasteiger partial charge >= 0.3 is 5.97 Å². The number of nitrogens with one attached hydrogen (secondary N) is 1. The van der Waals surface area contributed by atoms with Gasteiger partial charge in [-0.25, -0.2) is 9.78 Å². The Bertz CT molecular complexity index is 854. The molecule has 1 N–H and O–H groups in total. The van der Waals surface area contributed by atoms with Crippen LogP contribution in [0.15, 0.2) is 52.5 Å². The Labute approximate surface area is 142 Å². The minimum atomic E-state index is -0.479. The zero-order chi connectivity index (χ0) is 16.9. The summed E-state index contributed by atoms with van der Waals surface area (Å²) in [6, 6.07) is 11.1. The lowest BCUT2D eigenvalue weighted by Crippen LogP contribution is -2.16. The van der Waals surface area contributed by atoms with Crippen LogP contribution in [-0.4, -0.2) is 24.0 Å². The molecule has 0 unspecified atom stereocenters. The van der Waals surface area contributed by atoms with Crippen molar-refractivity contribution in [2.24, 2.45) is 0 Å². The van der Waals surface area contributed by atoms with Crippen LogP contribution in [0.3, 0.4) is 0 Å². The van der Waals surface area contributed by atoms with Crippen molar-refractivity contribution in [2.45, 2.75) is 6.42 Å². The minimum Gasteiger partial charge on any atom is -0.465 e. The van der Waals surface area contributed by atoms with Crippen molar-refractivity contribution >= 4 is 28.9 Å². The molecule has 0 saturated carbocycles. The summed E-state index contributed by atoms with van der Waals surface area (Å²) in [7, 11) is 1.30. The van der Waals surface area contributed by atoms with E-state index in [9.17, 15) is 9.59 Å². The Morgan fingerprint density at radius 3 is 2.79 bits per heavy atom. The maximum Gasteiger partial charge on any atom is 0.350 e. The van der Waals surface area contributed by atoms with Crippen molar-refractivity contribution in [1.29, 1.82) is 0 Å². The first-order valence-corrected chi connectivity index (χ1v) is 8.01. The maximum absolute atomic E-state index is 12.1. The van der Waals surface area contributed by atoms with E-state index in [0.717, 1.165) is 5.56 Å². The van der Waals surface area contributed by atoms with Gasteiger partial charge < -0.3 is 14.5 Å². The summed E-state index contributed by atoms with van der Waals surface area (Å²) in [5.41, 5.74) is 1.79. The molecular formula is C17H14N2O4S. The Morgan fingerprint density at radius 2 is 2.04 bits per heavy atom. The molecule has 0 fully saturated rings. The van der Waals surface area contributed by atoms with E-state index >= 15 is 0 Å². The molecule has 24 heavy (non-hydrogen) atoms. The summed E-state index contributed by atoms with van der Waals surface area (Å²) in [6.45, 7) is 0. The predicted octanol–water partition coefficient (Wildman–Crippen LogP) is 3.37. The molecule has 0 aliphatic heterocycles. The number of carbonyl (C=O) groups is 2. The number of hydrogen-bond donors (Lipinski definition) is 1. The van der Waals surface area contributed by atoms with Gasteiger partial charge in [0.25, 0.3) is 0 Å². The van der Waals surface area contributed by atoms with E-state index in [1.807, 2.05) is 30.3 Å². The Kier molecular flexibility index (Phi) is 4.72. The number of thiophene rings is 1. The highest BCUT2D eigenvalue weighted by Gasteiger charge is 2.16. The number of methoxy groups -OCH3 is 1. The number of aromatic nitrogens is 1. The summed E-state index contributed by atoms with van der Waals surface area (Å²) in [6.07, 6.45) is 1.50. The second-order valence-corrected chi connectivity index (χ2v) is 5.81. The highest BCUT2D eigenvalue weighted by Crippen LogP contribution is 2.23. The molecule has 3 rings (SSSR count). The highest BCUT2D eigenvalue weighted by atomic mass is 32.1. The molecule has 7 heteroatoms. The SMILES string of the molecule is COC(=O)c1sccc1NC(=O)Cc1coc(-c2ccccc2)n1. The molecule has 2 heterocycles. The van der Waals surface area contributed by atoms with Gasteiger partial charge in [0.1, 0.15) is 11.1 Å². The Hall–Kier alpha value is -2.93. The molecule has 0 bridgehead atoms. The zero-order valence-corrected chi connectivity index (χ0v) is 13.6. The highest BCUT2D eigenvalue weighted by molar-refractivity contribution is 7.12. The fourth-order valence-electron chi connectivity index (χ4n) is 2.12. The molecule has 3 aromatic rings. The first-order chi connectivity index (χ1) is 11.7. The molecule has 1 aromatic carbocycles. The van der Waals surface area contributed by atoms with Crippen LogP contribution in [0.1, 0.15) is 15.4 Å². The van der Waals surface area contributed by atoms with Gasteiger partial charge in [-0.05, 0) is 23.6 Å². The number of nitrogens with zero attached hydrogens (tertiary/aromatic N) is 1. The van der Waals surface area contributed by atoms with E-state index in [0.29, 0.717) is 22.1 Å². The van der Waals surface area contributed by atoms with Crippen molar-refractivity contribution in [1.82, 2.24) is 4.98 Å². The molecule has 0 radical (unpaired) electrons. The molecule has 0 aliphatic carbocycles. The number of esters is 1. The fraction of sp³-hybridized carbons (Fsp3) is 0.118. The number of amides is 1. The van der Waals surface area contributed by atoms with Gasteiger partial charge in [-0.15, -0.1) is 11.3 Å². The average molecular weight is 342 g/mol. The zero-order valence-electron chi connectivity index (χ0n) is 12.8. The van der Waals surface area contributed by atoms with Crippen molar-refractivity contribution in [2.75, 3.05) is 12.4 Å². The van der Waals surface area contributed by atoms with Crippen LogP contribution in [0.2, 0.25) is 0 Å². The average Bonchev–Trinajstić information content (AvgIpc) is 3.24. The van der Waals surface area contributed by atoms with Crippen molar-refractivity contribution in [3.63, 3.8) is 0 Å². The monoisotopic (exact) mass is 342 g/mol. The molecule has 0 saturated heterocycles. The van der Waals surface area contributed by atoms with Gasteiger partial charge in [-0.3, -0.25) is 4.79 Å². The molecular weight excluding hydrogens is 328 g/mol. The smallest absolute Gasteiger partial charge is 0.350 e. The summed E-state index contributed by atoms with van der Waals surface area (Å²) < 4.78 is 10.1. The summed E-state index contributed by atoms with van der Waals surface area (Å²) in [5, 5.41) is 4.41. The number of oxazole rings is 1. The van der Waals surface area contributed by atoms with Crippen molar-refractivity contribution in [3.8, 4) is 11.5 Å². The number of hydrogen-bond acceptors (Lipinski definition) is 6. The fourth-order valence-corrected chi connectivity index (χ4v) is 2.88. The standard InChI is InChI=1S/C17H14N2O4S/c1-22-17(21)15-13(7-8-24-15)19-14(20)9-12-10-23-16(18-12)11-5-3-2-4-6-11/h2-8,10H,9H2,1H3,(H,19,20). The van der Waals surface area contributed by atoms with Crippen LogP contribution in [0.25, 0.3) is 11.5 Å². The number of anilines is 1. The normalized spacial score (nSPS) is 10.4. The van der Waals surface area contributed by atoms with E-state index in [1.54, 1.807) is 11.4 Å². The van der Waals surface area contributed by atoms with E-state index in [2.05, 4.69) is 15.0 Å². The van der Waals surface area contributed by atoms with Crippen LogP contribution >= 0.6 is 11.3 Å². The quantitative estimate of drug-likeness (QED) is 0.719. The largest absolute Gasteiger partial charge is 0.465 e. The minimum absolute atomic E-state index is 0.0484. The van der Waals surface area contributed by atoms with E-state index in [1.165, 1.54) is 24.7 Å². The van der Waals surface area contributed by atoms with Crippen LogP contribution < -0.4 is 5.32 Å². The Balaban J connectivity index is 1.67. The van der Waals surface area contributed by atoms with Crippen LogP contribution in [0.4, 0.5) is 5.69 Å². The number of carbonyl (C=O) groups excluding carboxylic acids is 2. The molecule has 122 valence electrons. The van der Waals surface area contributed by atoms with Crippen molar-refractivity contribution < 1.29 is 18.7 Å². The van der Waals surface area contributed by atoms with Gasteiger partial charge in [0, 0.05) is 5.56 Å². The summed E-state index contributed by atoms with van der Waals surface area (Å²) >= 11 is 1.21. The molecule has 2 aromatic heterocycles. The summed E-state index contributed by atoms with van der Waals surface area (Å²) in [4.78, 5) is 28.4. The lowest BCUT2D eigenvalue weighted by atomic mass is 10.2. The molecule has 1 amide bonds. The maximum atomic E-state index is 12.1. The third-order valence-corrected chi connectivity index (χ3v) is 4.12. The molecule has 0 spiro atoms. The Morgan fingerprint density at radius 1 is 1.25 bits per heavy atom. The van der Waals surface area contributed by atoms with Gasteiger partial charge in [0.05, 0.1) is 24.9 Å². The van der Waals surface area contributed by atoms with E-state index in [-0.39, 0.29) is 12.3 Å². The molecule has 0 atom stereocenters. The lowest BCUT2D eigenvalue weighted by Gasteiger charge is -2.04. The van der Waals surface area contributed by atoms with Gasteiger partial charge in [0.15, 0.2) is 0 Å². The number of ether oxygens (including phenoxy) is 1. The van der Waals surface area contributed by atoms with Crippen LogP contribution in [-0.2, 0) is 16.0 Å². The first kappa shape index (κ1) is 15.9.